The molecule has 3 heterocycles. The molecular formula is C22H36N4O2. The highest BCUT2D eigenvalue weighted by Crippen LogP contribution is 2.24. The maximum absolute atomic E-state index is 12.3. The summed E-state index contributed by atoms with van der Waals surface area (Å²) in [6.45, 7) is 9.57. The normalized spacial score (nSPS) is 21.5. The van der Waals surface area contributed by atoms with Gasteiger partial charge in [0.15, 0.2) is 0 Å². The zero-order valence-electron chi connectivity index (χ0n) is 17.4. The van der Waals surface area contributed by atoms with Gasteiger partial charge in [0.1, 0.15) is 0 Å². The second kappa shape index (κ2) is 10.3. The summed E-state index contributed by atoms with van der Waals surface area (Å²) < 4.78 is 0. The highest BCUT2D eigenvalue weighted by molar-refractivity contribution is 5.78. The van der Waals surface area contributed by atoms with Crippen LogP contribution in [0.1, 0.15) is 50.4 Å². The molecule has 1 amide bonds. The monoisotopic (exact) mass is 388 g/mol. The van der Waals surface area contributed by atoms with Gasteiger partial charge in [-0.25, -0.2) is 0 Å². The first kappa shape index (κ1) is 21.2. The molecule has 0 aromatic carbocycles. The van der Waals surface area contributed by atoms with Crippen molar-refractivity contribution in [3.63, 3.8) is 0 Å². The van der Waals surface area contributed by atoms with Gasteiger partial charge < -0.3 is 15.3 Å². The molecule has 1 unspecified atom stereocenters. The van der Waals surface area contributed by atoms with Crippen LogP contribution in [-0.2, 0) is 11.3 Å². The molecule has 2 fully saturated rings. The number of carbonyl (C=O) groups is 1. The average molecular weight is 389 g/mol. The van der Waals surface area contributed by atoms with Crippen molar-refractivity contribution in [3.05, 3.63) is 29.6 Å². The van der Waals surface area contributed by atoms with Gasteiger partial charge in [0, 0.05) is 43.8 Å². The van der Waals surface area contributed by atoms with Crippen molar-refractivity contribution in [3.8, 4) is 0 Å². The lowest BCUT2D eigenvalue weighted by atomic mass is 9.92. The first-order valence-electron chi connectivity index (χ1n) is 10.9. The lowest BCUT2D eigenvalue weighted by molar-refractivity contribution is -0.127. The van der Waals surface area contributed by atoms with Crippen molar-refractivity contribution in [2.24, 2.45) is 5.92 Å². The summed E-state index contributed by atoms with van der Waals surface area (Å²) in [5.74, 6) is 0.223. The van der Waals surface area contributed by atoms with Crippen LogP contribution in [0.4, 0.5) is 0 Å². The molecular weight excluding hydrogens is 352 g/mol. The van der Waals surface area contributed by atoms with Gasteiger partial charge in [-0.1, -0.05) is 13.0 Å². The van der Waals surface area contributed by atoms with Gasteiger partial charge in [-0.3, -0.25) is 14.7 Å². The molecule has 156 valence electrons. The Morgan fingerprint density at radius 1 is 1.21 bits per heavy atom. The number of aliphatic hydroxyl groups is 1. The van der Waals surface area contributed by atoms with E-state index in [1.807, 2.05) is 19.9 Å². The molecule has 6 nitrogen and oxygen atoms in total. The largest absolute Gasteiger partial charge is 0.391 e. The van der Waals surface area contributed by atoms with Crippen molar-refractivity contribution in [2.45, 2.75) is 64.6 Å². The van der Waals surface area contributed by atoms with Gasteiger partial charge in [-0.2, -0.15) is 0 Å². The SMILES string of the molecule is CCC(O)CNC(=O)C1CCN(C2CCN(Cc3cccc(C)n3)CC2)CC1. The molecule has 0 radical (unpaired) electrons. The van der Waals surface area contributed by atoms with Crippen LogP contribution in [0.2, 0.25) is 0 Å². The number of likely N-dealkylation sites (tertiary alicyclic amines) is 2. The predicted molar refractivity (Wildman–Crippen MR) is 111 cm³/mol. The molecule has 2 saturated heterocycles. The Balaban J connectivity index is 1.37. The second-order valence-corrected chi connectivity index (χ2v) is 8.40. The zero-order chi connectivity index (χ0) is 19.9. The predicted octanol–water partition coefficient (Wildman–Crippen LogP) is 1.95. The Bertz CT molecular complexity index is 623. The minimum absolute atomic E-state index is 0.104. The van der Waals surface area contributed by atoms with Gasteiger partial charge in [0.05, 0.1) is 11.8 Å². The van der Waals surface area contributed by atoms with E-state index in [4.69, 9.17) is 0 Å². The minimum atomic E-state index is -0.427. The van der Waals surface area contributed by atoms with Gasteiger partial charge >= 0.3 is 0 Å². The number of hydrogen-bond donors (Lipinski definition) is 2. The van der Waals surface area contributed by atoms with Crippen LogP contribution in [-0.4, -0.2) is 70.7 Å². The number of piperidine rings is 2. The summed E-state index contributed by atoms with van der Waals surface area (Å²) in [6.07, 6.45) is 4.51. The number of nitrogens with one attached hydrogen (secondary N) is 1. The van der Waals surface area contributed by atoms with Crippen molar-refractivity contribution in [1.82, 2.24) is 20.1 Å². The van der Waals surface area contributed by atoms with E-state index in [1.165, 1.54) is 18.5 Å². The lowest BCUT2D eigenvalue weighted by Gasteiger charge is -2.41. The fraction of sp³-hybridized carbons (Fsp3) is 0.727. The quantitative estimate of drug-likeness (QED) is 0.747. The highest BCUT2D eigenvalue weighted by atomic mass is 16.3. The van der Waals surface area contributed by atoms with Crippen LogP contribution in [0.25, 0.3) is 0 Å². The number of aliphatic hydroxyl groups excluding tert-OH is 1. The molecule has 1 aromatic rings. The Hall–Kier alpha value is -1.50. The molecule has 1 atom stereocenters. The Morgan fingerprint density at radius 3 is 2.57 bits per heavy atom. The summed E-state index contributed by atoms with van der Waals surface area (Å²) in [5.41, 5.74) is 2.25. The third-order valence-electron chi connectivity index (χ3n) is 6.29. The van der Waals surface area contributed by atoms with E-state index < -0.39 is 6.10 Å². The maximum Gasteiger partial charge on any atom is 0.223 e. The Labute approximate surface area is 169 Å². The van der Waals surface area contributed by atoms with Crippen LogP contribution >= 0.6 is 0 Å². The summed E-state index contributed by atoms with van der Waals surface area (Å²) in [7, 11) is 0. The number of aryl methyl sites for hydroxylation is 1. The number of nitrogens with zero attached hydrogens (tertiary/aromatic N) is 3. The van der Waals surface area contributed by atoms with E-state index in [9.17, 15) is 9.90 Å². The fourth-order valence-electron chi connectivity index (χ4n) is 4.39. The molecule has 0 bridgehead atoms. The van der Waals surface area contributed by atoms with Crippen molar-refractivity contribution < 1.29 is 9.90 Å². The number of carbonyl (C=O) groups excluding carboxylic acids is 1. The van der Waals surface area contributed by atoms with E-state index >= 15 is 0 Å². The number of pyridine rings is 1. The van der Waals surface area contributed by atoms with E-state index in [0.29, 0.717) is 19.0 Å². The zero-order valence-corrected chi connectivity index (χ0v) is 17.4. The topological polar surface area (TPSA) is 68.7 Å². The third-order valence-corrected chi connectivity index (χ3v) is 6.29. The molecule has 0 spiro atoms. The van der Waals surface area contributed by atoms with Crippen LogP contribution in [0.15, 0.2) is 18.2 Å². The summed E-state index contributed by atoms with van der Waals surface area (Å²) in [4.78, 5) is 22.0. The lowest BCUT2D eigenvalue weighted by Crippen LogP contribution is -2.49. The van der Waals surface area contributed by atoms with Crippen LogP contribution in [0.5, 0.6) is 0 Å². The van der Waals surface area contributed by atoms with Crippen LogP contribution in [0.3, 0.4) is 0 Å². The van der Waals surface area contributed by atoms with E-state index in [0.717, 1.165) is 51.3 Å². The average Bonchev–Trinajstić information content (AvgIpc) is 2.72. The number of rotatable bonds is 7. The Morgan fingerprint density at radius 2 is 1.93 bits per heavy atom. The highest BCUT2D eigenvalue weighted by Gasteiger charge is 2.30. The molecule has 1 aromatic heterocycles. The minimum Gasteiger partial charge on any atom is -0.391 e. The summed E-state index contributed by atoms with van der Waals surface area (Å²) >= 11 is 0. The van der Waals surface area contributed by atoms with Crippen molar-refractivity contribution in [2.75, 3.05) is 32.7 Å². The molecule has 2 N–H and O–H groups in total. The van der Waals surface area contributed by atoms with E-state index in [2.05, 4.69) is 32.2 Å². The van der Waals surface area contributed by atoms with E-state index in [1.54, 1.807) is 0 Å². The summed E-state index contributed by atoms with van der Waals surface area (Å²) in [5, 5.41) is 12.5. The molecule has 2 aliphatic rings. The van der Waals surface area contributed by atoms with Gasteiger partial charge in [0.25, 0.3) is 0 Å². The molecule has 6 heteroatoms. The third kappa shape index (κ3) is 6.00. The van der Waals surface area contributed by atoms with Crippen molar-refractivity contribution >= 4 is 5.91 Å². The molecule has 0 saturated carbocycles. The van der Waals surface area contributed by atoms with Crippen molar-refractivity contribution in [1.29, 1.82) is 0 Å². The Kier molecular flexibility index (Phi) is 7.82. The molecule has 3 rings (SSSR count). The second-order valence-electron chi connectivity index (χ2n) is 8.40. The smallest absolute Gasteiger partial charge is 0.223 e. The van der Waals surface area contributed by atoms with E-state index in [-0.39, 0.29) is 11.8 Å². The van der Waals surface area contributed by atoms with Crippen LogP contribution in [0, 0.1) is 12.8 Å². The first-order chi connectivity index (χ1) is 13.5. The van der Waals surface area contributed by atoms with Gasteiger partial charge in [-0.05, 0) is 64.3 Å². The number of aromatic nitrogens is 1. The maximum atomic E-state index is 12.3. The fourth-order valence-corrected chi connectivity index (χ4v) is 4.39. The number of amides is 1. The molecule has 0 aliphatic carbocycles. The first-order valence-corrected chi connectivity index (χ1v) is 10.9. The molecule has 2 aliphatic heterocycles. The molecule has 28 heavy (non-hydrogen) atoms. The standard InChI is InChI=1S/C22H36N4O2/c1-3-21(27)15-23-22(28)18-7-13-26(14-8-18)20-9-11-25(12-10-20)16-19-6-4-5-17(2)24-19/h4-6,18,20-21,27H,3,7-16H2,1-2H3,(H,23,28). The summed E-state index contributed by atoms with van der Waals surface area (Å²) in [6, 6.07) is 6.90. The van der Waals surface area contributed by atoms with Gasteiger partial charge in [-0.15, -0.1) is 0 Å². The van der Waals surface area contributed by atoms with Gasteiger partial charge in [0.2, 0.25) is 5.91 Å². The number of hydrogen-bond acceptors (Lipinski definition) is 5. The van der Waals surface area contributed by atoms with Crippen LogP contribution < -0.4 is 5.32 Å².